The zero-order chi connectivity index (χ0) is 17.2. The van der Waals surface area contributed by atoms with Crippen molar-refractivity contribution in [3.63, 3.8) is 0 Å². The van der Waals surface area contributed by atoms with Crippen LogP contribution < -0.4 is 19.5 Å². The molecule has 1 aromatic carbocycles. The number of anilines is 1. The van der Waals surface area contributed by atoms with E-state index in [0.29, 0.717) is 42.8 Å². The molecule has 130 valence electrons. The molecule has 0 aliphatic rings. The van der Waals surface area contributed by atoms with Crippen molar-refractivity contribution in [3.05, 3.63) is 12.1 Å². The summed E-state index contributed by atoms with van der Waals surface area (Å²) in [6.45, 7) is 7.19. The largest absolute Gasteiger partial charge is 0.490 e. The van der Waals surface area contributed by atoms with Crippen molar-refractivity contribution >= 4 is 11.7 Å². The number of carbonyl (C=O) groups is 1. The molecule has 0 fully saturated rings. The smallest absolute Gasteiger partial charge is 0.321 e. The molecule has 1 rings (SSSR count). The maximum absolute atomic E-state index is 12.0. The highest BCUT2D eigenvalue weighted by Crippen LogP contribution is 2.40. The number of aliphatic hydroxyl groups excluding tert-OH is 1. The summed E-state index contributed by atoms with van der Waals surface area (Å²) >= 11 is 0. The summed E-state index contributed by atoms with van der Waals surface area (Å²) in [6, 6.07) is 3.07. The molecule has 2 N–H and O–H groups in total. The summed E-state index contributed by atoms with van der Waals surface area (Å²) in [7, 11) is 1.60. The SMILES string of the molecule is CCOc1cc(NC(=O)N(C)CCO)cc(OCC)c1OCC. The molecule has 1 aromatic rings. The van der Waals surface area contributed by atoms with Crippen LogP contribution in [-0.4, -0.2) is 56.1 Å². The lowest BCUT2D eigenvalue weighted by atomic mass is 10.2. The Kier molecular flexibility index (Phi) is 8.04. The van der Waals surface area contributed by atoms with Crippen LogP contribution in [0, 0.1) is 0 Å². The Morgan fingerprint density at radius 1 is 1.09 bits per heavy atom. The highest BCUT2D eigenvalue weighted by atomic mass is 16.5. The van der Waals surface area contributed by atoms with Gasteiger partial charge in [0, 0.05) is 25.7 Å². The van der Waals surface area contributed by atoms with E-state index in [2.05, 4.69) is 5.32 Å². The Hall–Kier alpha value is -2.15. The van der Waals surface area contributed by atoms with Crippen molar-refractivity contribution in [1.29, 1.82) is 0 Å². The number of ether oxygens (including phenoxy) is 3. The second kappa shape index (κ2) is 9.78. The van der Waals surface area contributed by atoms with E-state index in [-0.39, 0.29) is 19.2 Å². The lowest BCUT2D eigenvalue weighted by Crippen LogP contribution is -2.33. The molecule has 0 bridgehead atoms. The molecule has 0 atom stereocenters. The Morgan fingerprint density at radius 2 is 1.61 bits per heavy atom. The number of carbonyl (C=O) groups excluding carboxylic acids is 1. The zero-order valence-corrected chi connectivity index (χ0v) is 14.2. The number of rotatable bonds is 9. The molecular weight excluding hydrogens is 300 g/mol. The van der Waals surface area contributed by atoms with Crippen LogP contribution in [0.2, 0.25) is 0 Å². The monoisotopic (exact) mass is 326 g/mol. The number of aliphatic hydroxyl groups is 1. The van der Waals surface area contributed by atoms with Crippen molar-refractivity contribution in [2.75, 3.05) is 45.3 Å². The van der Waals surface area contributed by atoms with Crippen LogP contribution in [0.15, 0.2) is 12.1 Å². The number of hydrogen-bond acceptors (Lipinski definition) is 5. The molecule has 0 heterocycles. The molecule has 0 aliphatic carbocycles. The standard InChI is InChI=1S/C16H26N2O5/c1-5-21-13-10-12(17-16(20)18(4)8-9-19)11-14(22-6-2)15(13)23-7-3/h10-11,19H,5-9H2,1-4H3,(H,17,20). The number of likely N-dealkylation sites (N-methyl/N-ethyl adjacent to an activating group) is 1. The van der Waals surface area contributed by atoms with E-state index in [1.165, 1.54) is 4.90 Å². The van der Waals surface area contributed by atoms with Crippen molar-refractivity contribution in [2.45, 2.75) is 20.8 Å². The number of urea groups is 1. The van der Waals surface area contributed by atoms with E-state index in [1.54, 1.807) is 19.2 Å². The lowest BCUT2D eigenvalue weighted by molar-refractivity contribution is 0.202. The summed E-state index contributed by atoms with van der Waals surface area (Å²) < 4.78 is 16.8. The molecule has 2 amide bonds. The van der Waals surface area contributed by atoms with Gasteiger partial charge in [-0.05, 0) is 20.8 Å². The molecule has 0 unspecified atom stereocenters. The zero-order valence-electron chi connectivity index (χ0n) is 14.2. The second-order valence-electron chi connectivity index (χ2n) is 4.68. The first-order valence-electron chi connectivity index (χ1n) is 7.76. The van der Waals surface area contributed by atoms with Crippen molar-refractivity contribution in [2.24, 2.45) is 0 Å². The van der Waals surface area contributed by atoms with Crippen LogP contribution in [0.1, 0.15) is 20.8 Å². The first-order valence-corrected chi connectivity index (χ1v) is 7.76. The van der Waals surface area contributed by atoms with Gasteiger partial charge in [0.25, 0.3) is 0 Å². The number of amides is 2. The lowest BCUT2D eigenvalue weighted by Gasteiger charge is -2.20. The van der Waals surface area contributed by atoms with E-state index in [0.717, 1.165) is 0 Å². The normalized spacial score (nSPS) is 10.1. The van der Waals surface area contributed by atoms with E-state index >= 15 is 0 Å². The fourth-order valence-electron chi connectivity index (χ4n) is 1.93. The van der Waals surface area contributed by atoms with Crippen LogP contribution in [0.25, 0.3) is 0 Å². The Bertz CT molecular complexity index is 480. The molecule has 0 aliphatic heterocycles. The van der Waals surface area contributed by atoms with Crippen LogP contribution in [0.3, 0.4) is 0 Å². The van der Waals surface area contributed by atoms with Gasteiger partial charge in [0.1, 0.15) is 0 Å². The minimum atomic E-state index is -0.326. The Morgan fingerprint density at radius 3 is 2.04 bits per heavy atom. The fraction of sp³-hybridized carbons (Fsp3) is 0.562. The first kappa shape index (κ1) is 18.9. The highest BCUT2D eigenvalue weighted by molar-refractivity contribution is 5.90. The van der Waals surface area contributed by atoms with E-state index in [4.69, 9.17) is 19.3 Å². The second-order valence-corrected chi connectivity index (χ2v) is 4.68. The topological polar surface area (TPSA) is 80.3 Å². The molecule has 0 aromatic heterocycles. The predicted molar refractivity (Wildman–Crippen MR) is 88.7 cm³/mol. The van der Waals surface area contributed by atoms with Crippen LogP contribution in [0.5, 0.6) is 17.2 Å². The van der Waals surface area contributed by atoms with Crippen LogP contribution in [-0.2, 0) is 0 Å². The van der Waals surface area contributed by atoms with E-state index < -0.39 is 0 Å². The molecular formula is C16H26N2O5. The summed E-state index contributed by atoms with van der Waals surface area (Å²) in [5, 5.41) is 11.7. The van der Waals surface area contributed by atoms with Crippen molar-refractivity contribution in [1.82, 2.24) is 4.90 Å². The molecule has 0 saturated carbocycles. The summed E-state index contributed by atoms with van der Waals surface area (Å²) in [6.07, 6.45) is 0. The number of nitrogens with zero attached hydrogens (tertiary/aromatic N) is 1. The molecule has 0 radical (unpaired) electrons. The van der Waals surface area contributed by atoms with Gasteiger partial charge in [0.05, 0.1) is 32.1 Å². The fourth-order valence-corrected chi connectivity index (χ4v) is 1.93. The predicted octanol–water partition coefficient (Wildman–Crippen LogP) is 2.34. The highest BCUT2D eigenvalue weighted by Gasteiger charge is 2.17. The molecule has 23 heavy (non-hydrogen) atoms. The van der Waals surface area contributed by atoms with Gasteiger partial charge in [-0.2, -0.15) is 0 Å². The minimum absolute atomic E-state index is 0.0956. The summed E-state index contributed by atoms with van der Waals surface area (Å²) in [5.74, 6) is 1.55. The maximum atomic E-state index is 12.0. The first-order chi connectivity index (χ1) is 11.1. The van der Waals surface area contributed by atoms with Gasteiger partial charge in [0.15, 0.2) is 11.5 Å². The average Bonchev–Trinajstić information content (AvgIpc) is 2.51. The van der Waals surface area contributed by atoms with Gasteiger partial charge >= 0.3 is 6.03 Å². The Balaban J connectivity index is 3.10. The summed E-state index contributed by atoms with van der Waals surface area (Å²) in [5.41, 5.74) is 0.537. The minimum Gasteiger partial charge on any atom is -0.490 e. The van der Waals surface area contributed by atoms with Crippen molar-refractivity contribution < 1.29 is 24.1 Å². The van der Waals surface area contributed by atoms with E-state index in [1.807, 2.05) is 20.8 Å². The van der Waals surface area contributed by atoms with E-state index in [9.17, 15) is 4.79 Å². The van der Waals surface area contributed by atoms with Gasteiger partial charge in [0.2, 0.25) is 5.75 Å². The molecule has 7 nitrogen and oxygen atoms in total. The third-order valence-electron chi connectivity index (χ3n) is 2.94. The third-order valence-corrected chi connectivity index (χ3v) is 2.94. The van der Waals surface area contributed by atoms with Gasteiger partial charge in [-0.25, -0.2) is 4.79 Å². The summed E-state index contributed by atoms with van der Waals surface area (Å²) in [4.78, 5) is 13.4. The third kappa shape index (κ3) is 5.52. The quantitative estimate of drug-likeness (QED) is 0.728. The van der Waals surface area contributed by atoms with Crippen molar-refractivity contribution in [3.8, 4) is 17.2 Å². The van der Waals surface area contributed by atoms with Gasteiger partial charge in [-0.1, -0.05) is 0 Å². The van der Waals surface area contributed by atoms with Gasteiger partial charge in [-0.3, -0.25) is 0 Å². The number of benzene rings is 1. The van der Waals surface area contributed by atoms with Crippen LogP contribution in [0.4, 0.5) is 10.5 Å². The molecule has 0 saturated heterocycles. The van der Waals surface area contributed by atoms with Gasteiger partial charge in [-0.15, -0.1) is 0 Å². The maximum Gasteiger partial charge on any atom is 0.321 e. The Labute approximate surface area is 137 Å². The molecule has 7 heteroatoms. The number of hydrogen-bond donors (Lipinski definition) is 2. The average molecular weight is 326 g/mol. The molecule has 0 spiro atoms. The van der Waals surface area contributed by atoms with Crippen LogP contribution >= 0.6 is 0 Å². The number of nitrogens with one attached hydrogen (secondary N) is 1. The van der Waals surface area contributed by atoms with Gasteiger partial charge < -0.3 is 29.5 Å².